The molecule has 0 spiro atoms. The lowest BCUT2D eigenvalue weighted by Gasteiger charge is -2.36. The van der Waals surface area contributed by atoms with Crippen LogP contribution >= 0.6 is 35.6 Å². The molecule has 2 aliphatic rings. The summed E-state index contributed by atoms with van der Waals surface area (Å²) in [5.74, 6) is 1.10. The summed E-state index contributed by atoms with van der Waals surface area (Å²) in [6.45, 7) is 4.93. The Balaban J connectivity index is 0.00000280. The van der Waals surface area contributed by atoms with E-state index in [1.54, 1.807) is 0 Å². The number of aliphatic imine (C=N–C) groups is 1. The predicted molar refractivity (Wildman–Crippen MR) is 126 cm³/mol. The molecule has 28 heavy (non-hydrogen) atoms. The Morgan fingerprint density at radius 3 is 2.57 bits per heavy atom. The molecule has 0 radical (unpaired) electrons. The summed E-state index contributed by atoms with van der Waals surface area (Å²) in [5.41, 5.74) is 1.19. The Bertz CT molecular complexity index is 660. The Morgan fingerprint density at radius 1 is 1.21 bits per heavy atom. The number of nitrogens with zero attached hydrogens (tertiary/aromatic N) is 3. The average molecular weight is 520 g/mol. The number of halogens is 2. The van der Waals surface area contributed by atoms with Crippen LogP contribution in [0.1, 0.15) is 24.8 Å². The quantitative estimate of drug-likeness (QED) is 0.251. The zero-order valence-electron chi connectivity index (χ0n) is 16.5. The van der Waals surface area contributed by atoms with Crippen molar-refractivity contribution in [2.45, 2.75) is 31.7 Å². The lowest BCUT2D eigenvalue weighted by molar-refractivity contribution is -0.122. The van der Waals surface area contributed by atoms with Gasteiger partial charge >= 0.3 is 0 Å². The van der Waals surface area contributed by atoms with Crippen LogP contribution in [0.2, 0.25) is 5.02 Å². The predicted octanol–water partition coefficient (Wildman–Crippen LogP) is 2.36. The number of carbonyl (C=O) groups excluding carboxylic acids is 1. The van der Waals surface area contributed by atoms with Gasteiger partial charge in [0.15, 0.2) is 5.96 Å². The van der Waals surface area contributed by atoms with Gasteiger partial charge in [-0.2, -0.15) is 0 Å². The van der Waals surface area contributed by atoms with Gasteiger partial charge in [-0.1, -0.05) is 29.8 Å². The van der Waals surface area contributed by atoms with E-state index in [2.05, 4.69) is 31.5 Å². The normalized spacial score (nSPS) is 17.8. The zero-order chi connectivity index (χ0) is 19.1. The van der Waals surface area contributed by atoms with E-state index in [0.717, 1.165) is 69.4 Å². The molecule has 1 aliphatic heterocycles. The molecule has 2 N–H and O–H groups in total. The van der Waals surface area contributed by atoms with Gasteiger partial charge in [-0.15, -0.1) is 24.0 Å². The van der Waals surface area contributed by atoms with Gasteiger partial charge in [0, 0.05) is 50.8 Å². The van der Waals surface area contributed by atoms with E-state index < -0.39 is 0 Å². The number of carbonyl (C=O) groups is 1. The highest BCUT2D eigenvalue weighted by molar-refractivity contribution is 14.0. The van der Waals surface area contributed by atoms with Crippen molar-refractivity contribution in [1.29, 1.82) is 0 Å². The van der Waals surface area contributed by atoms with E-state index in [1.807, 2.05) is 25.2 Å². The summed E-state index contributed by atoms with van der Waals surface area (Å²) < 4.78 is 0. The van der Waals surface area contributed by atoms with Crippen molar-refractivity contribution in [3.05, 3.63) is 34.9 Å². The number of amides is 1. The van der Waals surface area contributed by atoms with Crippen LogP contribution in [0, 0.1) is 0 Å². The first-order valence-electron chi connectivity index (χ1n) is 9.86. The van der Waals surface area contributed by atoms with Gasteiger partial charge in [-0.3, -0.25) is 14.7 Å². The molecule has 0 unspecified atom stereocenters. The number of hydrogen-bond acceptors (Lipinski definition) is 3. The highest BCUT2D eigenvalue weighted by atomic mass is 127. The number of aryl methyl sites for hydroxylation is 1. The van der Waals surface area contributed by atoms with Gasteiger partial charge < -0.3 is 15.5 Å². The molecule has 6 nitrogen and oxygen atoms in total. The summed E-state index contributed by atoms with van der Waals surface area (Å²) in [6, 6.07) is 8.44. The summed E-state index contributed by atoms with van der Waals surface area (Å²) in [7, 11) is 1.83. The largest absolute Gasteiger partial charge is 0.356 e. The van der Waals surface area contributed by atoms with Crippen LogP contribution < -0.4 is 10.6 Å². The van der Waals surface area contributed by atoms with Crippen molar-refractivity contribution in [2.75, 3.05) is 46.3 Å². The monoisotopic (exact) mass is 519 g/mol. The number of benzene rings is 1. The molecular formula is C20H31ClIN5O. The van der Waals surface area contributed by atoms with Gasteiger partial charge in [-0.25, -0.2) is 0 Å². The van der Waals surface area contributed by atoms with Crippen LogP contribution in [0.25, 0.3) is 0 Å². The Morgan fingerprint density at radius 2 is 1.93 bits per heavy atom. The molecule has 1 aliphatic carbocycles. The molecule has 1 heterocycles. The minimum absolute atomic E-state index is 0. The molecule has 1 aromatic rings. The maximum absolute atomic E-state index is 11.9. The first-order chi connectivity index (χ1) is 13.2. The molecule has 1 saturated carbocycles. The maximum Gasteiger partial charge on any atom is 0.234 e. The fourth-order valence-electron chi connectivity index (χ4n) is 3.33. The van der Waals surface area contributed by atoms with E-state index >= 15 is 0 Å². The number of nitrogens with one attached hydrogen (secondary N) is 2. The summed E-state index contributed by atoms with van der Waals surface area (Å²) in [6.07, 6.45) is 4.23. The third-order valence-electron chi connectivity index (χ3n) is 5.06. The molecule has 0 atom stereocenters. The van der Waals surface area contributed by atoms with E-state index in [0.29, 0.717) is 12.6 Å². The van der Waals surface area contributed by atoms with Crippen molar-refractivity contribution in [3.8, 4) is 0 Å². The first-order valence-corrected chi connectivity index (χ1v) is 10.2. The van der Waals surface area contributed by atoms with Crippen LogP contribution in [-0.2, 0) is 11.2 Å². The number of rotatable bonds is 7. The van der Waals surface area contributed by atoms with Crippen molar-refractivity contribution in [1.82, 2.24) is 20.4 Å². The second-order valence-corrected chi connectivity index (χ2v) is 7.68. The third kappa shape index (κ3) is 7.40. The standard InChI is InChI=1S/C20H30ClN5O.HI/c1-22-20(23-10-4-6-16-5-2-3-7-18(16)21)26-13-11-25(12-14-26)15-19(27)24-17-8-9-17;/h2-3,5,7,17H,4,6,8-15H2,1H3,(H,22,23)(H,24,27);1H. The molecule has 1 aromatic carbocycles. The van der Waals surface area contributed by atoms with Crippen LogP contribution in [-0.4, -0.2) is 74.0 Å². The van der Waals surface area contributed by atoms with Crippen LogP contribution in [0.4, 0.5) is 0 Å². The molecule has 2 fully saturated rings. The van der Waals surface area contributed by atoms with Crippen LogP contribution in [0.5, 0.6) is 0 Å². The Hall–Kier alpha value is -1.06. The van der Waals surface area contributed by atoms with Crippen molar-refractivity contribution >= 4 is 47.4 Å². The first kappa shape index (κ1) is 23.2. The maximum atomic E-state index is 11.9. The third-order valence-corrected chi connectivity index (χ3v) is 5.43. The zero-order valence-corrected chi connectivity index (χ0v) is 19.6. The fourth-order valence-corrected chi connectivity index (χ4v) is 3.56. The fraction of sp³-hybridized carbons (Fsp3) is 0.600. The smallest absolute Gasteiger partial charge is 0.234 e. The minimum atomic E-state index is 0. The number of piperazine rings is 1. The highest BCUT2D eigenvalue weighted by Crippen LogP contribution is 2.18. The van der Waals surface area contributed by atoms with Crippen molar-refractivity contribution in [2.24, 2.45) is 4.99 Å². The molecule has 1 saturated heterocycles. The Kier molecular flexibility index (Phi) is 9.81. The van der Waals surface area contributed by atoms with Crippen molar-refractivity contribution < 1.29 is 4.79 Å². The molecule has 156 valence electrons. The van der Waals surface area contributed by atoms with Gasteiger partial charge in [-0.05, 0) is 37.3 Å². The highest BCUT2D eigenvalue weighted by Gasteiger charge is 2.25. The summed E-state index contributed by atoms with van der Waals surface area (Å²) in [5, 5.41) is 7.35. The molecule has 0 aromatic heterocycles. The van der Waals surface area contributed by atoms with Crippen molar-refractivity contribution in [3.63, 3.8) is 0 Å². The molecule has 3 rings (SSSR count). The number of hydrogen-bond donors (Lipinski definition) is 2. The topological polar surface area (TPSA) is 60.0 Å². The van der Waals surface area contributed by atoms with Crippen LogP contribution in [0.15, 0.2) is 29.3 Å². The molecular weight excluding hydrogens is 489 g/mol. The van der Waals surface area contributed by atoms with Gasteiger partial charge in [0.05, 0.1) is 6.54 Å². The number of guanidine groups is 1. The minimum Gasteiger partial charge on any atom is -0.356 e. The van der Waals surface area contributed by atoms with E-state index in [-0.39, 0.29) is 29.9 Å². The molecule has 0 bridgehead atoms. The van der Waals surface area contributed by atoms with Crippen LogP contribution in [0.3, 0.4) is 0 Å². The average Bonchev–Trinajstić information content (AvgIpc) is 3.48. The van der Waals surface area contributed by atoms with E-state index in [9.17, 15) is 4.79 Å². The Labute approximate surface area is 190 Å². The van der Waals surface area contributed by atoms with E-state index in [4.69, 9.17) is 11.6 Å². The lowest BCUT2D eigenvalue weighted by Crippen LogP contribution is -2.54. The van der Waals surface area contributed by atoms with Gasteiger partial charge in [0.2, 0.25) is 5.91 Å². The summed E-state index contributed by atoms with van der Waals surface area (Å²) in [4.78, 5) is 20.8. The van der Waals surface area contributed by atoms with E-state index in [1.165, 1.54) is 5.56 Å². The summed E-state index contributed by atoms with van der Waals surface area (Å²) >= 11 is 6.21. The second kappa shape index (κ2) is 11.8. The lowest BCUT2D eigenvalue weighted by atomic mass is 10.1. The molecule has 1 amide bonds. The molecule has 8 heteroatoms. The SMILES string of the molecule is CN=C(NCCCc1ccccc1Cl)N1CCN(CC(=O)NC2CC2)CC1.I. The second-order valence-electron chi connectivity index (χ2n) is 7.27. The van der Waals surface area contributed by atoms with Gasteiger partial charge in [0.25, 0.3) is 0 Å². The van der Waals surface area contributed by atoms with Gasteiger partial charge in [0.1, 0.15) is 0 Å².